The van der Waals surface area contributed by atoms with E-state index in [1.54, 1.807) is 30.5 Å². The van der Waals surface area contributed by atoms with Gasteiger partial charge < -0.3 is 4.74 Å². The van der Waals surface area contributed by atoms with Gasteiger partial charge in [-0.05, 0) is 54.4 Å². The summed E-state index contributed by atoms with van der Waals surface area (Å²) in [5, 5.41) is 4.36. The second-order valence-electron chi connectivity index (χ2n) is 6.02. The molecule has 0 aliphatic rings. The second-order valence-corrected chi connectivity index (χ2v) is 6.43. The number of hydrazone groups is 1. The SMILES string of the molecule is Cc1ccc(COc2ccc(/C=N\NC(=O)c3ccccc3Cl)cc2)cc1. The number of nitrogens with one attached hydrogen (secondary N) is 1. The molecule has 3 aromatic carbocycles. The lowest BCUT2D eigenvalue weighted by atomic mass is 10.2. The minimum absolute atomic E-state index is 0.352. The van der Waals surface area contributed by atoms with Crippen molar-refractivity contribution < 1.29 is 9.53 Å². The van der Waals surface area contributed by atoms with Crippen LogP contribution in [0.25, 0.3) is 0 Å². The first-order valence-electron chi connectivity index (χ1n) is 8.48. The van der Waals surface area contributed by atoms with Crippen LogP contribution in [-0.2, 0) is 6.61 Å². The molecule has 0 aromatic heterocycles. The monoisotopic (exact) mass is 378 g/mol. The number of carbonyl (C=O) groups excluding carboxylic acids is 1. The van der Waals surface area contributed by atoms with Crippen LogP contribution >= 0.6 is 11.6 Å². The lowest BCUT2D eigenvalue weighted by Crippen LogP contribution is -2.17. The van der Waals surface area contributed by atoms with Gasteiger partial charge in [0.15, 0.2) is 0 Å². The number of hydrogen-bond donors (Lipinski definition) is 1. The summed E-state index contributed by atoms with van der Waals surface area (Å²) >= 11 is 5.99. The lowest BCUT2D eigenvalue weighted by molar-refractivity contribution is 0.0955. The third-order valence-electron chi connectivity index (χ3n) is 3.90. The molecule has 0 spiro atoms. The maximum atomic E-state index is 12.0. The summed E-state index contributed by atoms with van der Waals surface area (Å²) in [6.45, 7) is 2.57. The number of nitrogens with zero attached hydrogens (tertiary/aromatic N) is 1. The minimum Gasteiger partial charge on any atom is -0.489 e. The van der Waals surface area contributed by atoms with Crippen molar-refractivity contribution >= 4 is 23.7 Å². The van der Waals surface area contributed by atoms with Gasteiger partial charge >= 0.3 is 0 Å². The molecule has 0 bridgehead atoms. The molecule has 1 N–H and O–H groups in total. The highest BCUT2D eigenvalue weighted by Crippen LogP contribution is 2.15. The molecule has 0 aliphatic heterocycles. The van der Waals surface area contributed by atoms with Crippen LogP contribution in [0.4, 0.5) is 0 Å². The van der Waals surface area contributed by atoms with Gasteiger partial charge in [0.2, 0.25) is 0 Å². The molecule has 0 radical (unpaired) electrons. The summed E-state index contributed by atoms with van der Waals surface area (Å²) in [4.78, 5) is 12.0. The average molecular weight is 379 g/mol. The van der Waals surface area contributed by atoms with Gasteiger partial charge in [-0.15, -0.1) is 0 Å². The van der Waals surface area contributed by atoms with Crippen molar-refractivity contribution in [3.05, 3.63) is 100 Å². The molecule has 0 unspecified atom stereocenters. The van der Waals surface area contributed by atoms with Gasteiger partial charge in [-0.3, -0.25) is 4.79 Å². The summed E-state index contributed by atoms with van der Waals surface area (Å²) in [5.74, 6) is 0.419. The van der Waals surface area contributed by atoms with E-state index in [4.69, 9.17) is 16.3 Å². The highest BCUT2D eigenvalue weighted by Gasteiger charge is 2.07. The Labute approximate surface area is 163 Å². The van der Waals surface area contributed by atoms with Gasteiger partial charge in [0.05, 0.1) is 16.8 Å². The van der Waals surface area contributed by atoms with Crippen molar-refractivity contribution in [3.8, 4) is 5.75 Å². The first-order chi connectivity index (χ1) is 13.1. The molecule has 1 amide bonds. The maximum Gasteiger partial charge on any atom is 0.272 e. The first-order valence-corrected chi connectivity index (χ1v) is 8.86. The van der Waals surface area contributed by atoms with Gasteiger partial charge in [0, 0.05) is 0 Å². The van der Waals surface area contributed by atoms with Crippen LogP contribution in [0.1, 0.15) is 27.0 Å². The summed E-state index contributed by atoms with van der Waals surface area (Å²) in [6.07, 6.45) is 1.57. The molecule has 3 aromatic rings. The Morgan fingerprint density at radius 1 is 1.04 bits per heavy atom. The Hall–Kier alpha value is -3.11. The standard InChI is InChI=1S/C22H19ClN2O2/c1-16-6-8-18(9-7-16)15-27-19-12-10-17(11-13-19)14-24-25-22(26)20-4-2-3-5-21(20)23/h2-14H,15H2,1H3,(H,25,26)/b24-14-. The van der Waals surface area contributed by atoms with Gasteiger partial charge in [-0.2, -0.15) is 5.10 Å². The second kappa shape index (κ2) is 9.01. The van der Waals surface area contributed by atoms with E-state index in [-0.39, 0.29) is 5.91 Å². The Bertz CT molecular complexity index is 935. The molecule has 0 atom stereocenters. The topological polar surface area (TPSA) is 50.7 Å². The largest absolute Gasteiger partial charge is 0.489 e. The molecule has 3 rings (SSSR count). The Morgan fingerprint density at radius 2 is 1.74 bits per heavy atom. The van der Waals surface area contributed by atoms with Crippen molar-refractivity contribution in [1.82, 2.24) is 5.43 Å². The van der Waals surface area contributed by atoms with Crippen LogP contribution < -0.4 is 10.2 Å². The molecule has 27 heavy (non-hydrogen) atoms. The quantitative estimate of drug-likeness (QED) is 0.485. The highest BCUT2D eigenvalue weighted by atomic mass is 35.5. The van der Waals surface area contributed by atoms with Crippen molar-refractivity contribution in [2.75, 3.05) is 0 Å². The molecule has 0 aliphatic carbocycles. The third kappa shape index (κ3) is 5.43. The zero-order valence-corrected chi connectivity index (χ0v) is 15.6. The molecule has 136 valence electrons. The van der Waals surface area contributed by atoms with E-state index in [1.807, 2.05) is 24.3 Å². The van der Waals surface area contributed by atoms with E-state index < -0.39 is 0 Å². The van der Waals surface area contributed by atoms with E-state index >= 15 is 0 Å². The summed E-state index contributed by atoms with van der Waals surface area (Å²) in [6, 6.07) is 22.5. The van der Waals surface area contributed by atoms with Gasteiger partial charge in [0.1, 0.15) is 12.4 Å². The van der Waals surface area contributed by atoms with Crippen molar-refractivity contribution in [2.24, 2.45) is 5.10 Å². The van der Waals surface area contributed by atoms with Crippen molar-refractivity contribution in [2.45, 2.75) is 13.5 Å². The fraction of sp³-hybridized carbons (Fsp3) is 0.0909. The van der Waals surface area contributed by atoms with Crippen LogP contribution in [0.2, 0.25) is 5.02 Å². The van der Waals surface area contributed by atoms with Crippen LogP contribution in [0.15, 0.2) is 77.9 Å². The number of carbonyl (C=O) groups is 1. The predicted octanol–water partition coefficient (Wildman–Crippen LogP) is 4.99. The van der Waals surface area contributed by atoms with Crippen LogP contribution in [-0.4, -0.2) is 12.1 Å². The molecule has 0 saturated carbocycles. The Kier molecular flexibility index (Phi) is 6.23. The van der Waals surface area contributed by atoms with Crippen LogP contribution in [0.5, 0.6) is 5.75 Å². The molecule has 0 fully saturated rings. The maximum absolute atomic E-state index is 12.0. The number of halogens is 1. The number of hydrogen-bond acceptors (Lipinski definition) is 3. The molecular formula is C22H19ClN2O2. The number of amides is 1. The average Bonchev–Trinajstić information content (AvgIpc) is 2.69. The number of aryl methyl sites for hydroxylation is 1. The molecule has 4 nitrogen and oxygen atoms in total. The van der Waals surface area contributed by atoms with E-state index in [0.29, 0.717) is 17.2 Å². The van der Waals surface area contributed by atoms with Crippen LogP contribution in [0.3, 0.4) is 0 Å². The van der Waals surface area contributed by atoms with Gasteiger partial charge in [0.25, 0.3) is 5.91 Å². The summed E-state index contributed by atoms with van der Waals surface area (Å²) < 4.78 is 5.77. The number of ether oxygens (including phenoxy) is 1. The third-order valence-corrected chi connectivity index (χ3v) is 4.23. The van der Waals surface area contributed by atoms with Crippen LogP contribution in [0, 0.1) is 6.92 Å². The van der Waals surface area contributed by atoms with Gasteiger partial charge in [-0.25, -0.2) is 5.43 Å². The fourth-order valence-corrected chi connectivity index (χ4v) is 2.59. The first kappa shape index (κ1) is 18.7. The van der Waals surface area contributed by atoms with E-state index in [9.17, 15) is 4.79 Å². The normalized spacial score (nSPS) is 10.7. The van der Waals surface area contributed by atoms with E-state index in [2.05, 4.69) is 41.7 Å². The van der Waals surface area contributed by atoms with E-state index in [0.717, 1.165) is 16.9 Å². The zero-order chi connectivity index (χ0) is 19.1. The van der Waals surface area contributed by atoms with Crippen molar-refractivity contribution in [1.29, 1.82) is 0 Å². The number of benzene rings is 3. The van der Waals surface area contributed by atoms with E-state index in [1.165, 1.54) is 5.56 Å². The highest BCUT2D eigenvalue weighted by molar-refractivity contribution is 6.33. The number of rotatable bonds is 6. The Balaban J connectivity index is 1.52. The lowest BCUT2D eigenvalue weighted by Gasteiger charge is -2.07. The smallest absolute Gasteiger partial charge is 0.272 e. The Morgan fingerprint density at radius 3 is 2.44 bits per heavy atom. The fourth-order valence-electron chi connectivity index (χ4n) is 2.37. The zero-order valence-electron chi connectivity index (χ0n) is 14.9. The summed E-state index contributed by atoms with van der Waals surface area (Å²) in [5.41, 5.74) is 6.04. The molecule has 5 heteroatoms. The van der Waals surface area contributed by atoms with Crippen molar-refractivity contribution in [3.63, 3.8) is 0 Å². The molecule has 0 saturated heterocycles. The predicted molar refractivity (Wildman–Crippen MR) is 108 cm³/mol. The molecular weight excluding hydrogens is 360 g/mol. The summed E-state index contributed by atoms with van der Waals surface area (Å²) in [7, 11) is 0. The molecule has 0 heterocycles. The van der Waals surface area contributed by atoms with Gasteiger partial charge in [-0.1, -0.05) is 53.6 Å². The minimum atomic E-state index is -0.352.